The molecule has 35 heavy (non-hydrogen) atoms. The number of allylic oxidation sites excluding steroid dienone is 3. The number of morpholine rings is 1. The SMILES string of the molecule is C=C(C(C)C)N(/C=C(\CCC)c1cnc(/C=C\CCCC)c(C)c1)C1CC(N2CCOCC2)=C1C. The summed E-state index contributed by atoms with van der Waals surface area (Å²) in [6.45, 7) is 21.7. The second kappa shape index (κ2) is 13.1. The number of nitrogens with zero attached hydrogens (tertiary/aromatic N) is 3. The van der Waals surface area contributed by atoms with Crippen molar-refractivity contribution >= 4 is 11.6 Å². The molecular formula is C31H47N3O. The summed E-state index contributed by atoms with van der Waals surface area (Å²) in [4.78, 5) is 9.81. The second-order valence-electron chi connectivity index (χ2n) is 10.4. The first-order valence-electron chi connectivity index (χ1n) is 13.7. The minimum atomic E-state index is 0.379. The minimum absolute atomic E-state index is 0.379. The van der Waals surface area contributed by atoms with Crippen LogP contribution in [0.4, 0.5) is 0 Å². The zero-order chi connectivity index (χ0) is 25.4. The summed E-state index contributed by atoms with van der Waals surface area (Å²) in [5.41, 5.74) is 9.05. The first kappa shape index (κ1) is 27.3. The number of aryl methyl sites for hydroxylation is 1. The molecule has 0 radical (unpaired) electrons. The van der Waals surface area contributed by atoms with E-state index in [-0.39, 0.29) is 0 Å². The van der Waals surface area contributed by atoms with Gasteiger partial charge >= 0.3 is 0 Å². The first-order chi connectivity index (χ1) is 16.9. The van der Waals surface area contributed by atoms with Crippen LogP contribution in [0.25, 0.3) is 11.6 Å². The fraction of sp³-hybridized carbons (Fsp3) is 0.581. The molecule has 0 saturated carbocycles. The molecule has 0 bridgehead atoms. The van der Waals surface area contributed by atoms with Crippen molar-refractivity contribution in [2.75, 3.05) is 26.3 Å². The standard InChI is InChI=1S/C31H47N3O/c1-8-10-11-12-14-29-24(5)19-28(21-32-29)27(13-9-2)22-34(26(7)23(3)4)31-20-30(25(31)6)33-15-17-35-18-16-33/h12,14,19,21-23,31H,7-11,13,15-18,20H2,1-6H3/b14-12-,27-22+. The number of hydrogen-bond donors (Lipinski definition) is 0. The molecule has 1 unspecified atom stereocenters. The summed E-state index contributed by atoms with van der Waals surface area (Å²) in [5.74, 6) is 0.393. The summed E-state index contributed by atoms with van der Waals surface area (Å²) in [5, 5.41) is 0. The van der Waals surface area contributed by atoms with Crippen LogP contribution in [-0.2, 0) is 4.74 Å². The highest BCUT2D eigenvalue weighted by Crippen LogP contribution is 2.39. The molecular weight excluding hydrogens is 430 g/mol. The molecule has 4 heteroatoms. The van der Waals surface area contributed by atoms with Crippen LogP contribution in [0.1, 0.15) is 90.0 Å². The second-order valence-corrected chi connectivity index (χ2v) is 10.4. The highest BCUT2D eigenvalue weighted by molar-refractivity contribution is 5.67. The Morgan fingerprint density at radius 3 is 2.57 bits per heavy atom. The lowest BCUT2D eigenvalue weighted by Gasteiger charge is -2.46. The minimum Gasteiger partial charge on any atom is -0.378 e. The van der Waals surface area contributed by atoms with Gasteiger partial charge < -0.3 is 14.5 Å². The van der Waals surface area contributed by atoms with E-state index in [0.29, 0.717) is 12.0 Å². The number of rotatable bonds is 12. The Bertz CT molecular complexity index is 950. The van der Waals surface area contributed by atoms with Crippen molar-refractivity contribution in [1.82, 2.24) is 14.8 Å². The van der Waals surface area contributed by atoms with Crippen molar-refractivity contribution in [2.45, 2.75) is 86.1 Å². The van der Waals surface area contributed by atoms with Crippen LogP contribution in [0.15, 0.2) is 48.1 Å². The van der Waals surface area contributed by atoms with E-state index >= 15 is 0 Å². The predicted molar refractivity (Wildman–Crippen MR) is 150 cm³/mol. The van der Waals surface area contributed by atoms with Crippen molar-refractivity contribution in [3.8, 4) is 0 Å². The Balaban J connectivity index is 1.88. The molecule has 1 aromatic heterocycles. The Hall–Kier alpha value is -2.33. The lowest BCUT2D eigenvalue weighted by molar-refractivity contribution is 0.0461. The number of unbranched alkanes of at least 4 members (excludes halogenated alkanes) is 2. The van der Waals surface area contributed by atoms with E-state index in [1.165, 1.54) is 46.5 Å². The third-order valence-corrected chi connectivity index (χ3v) is 7.37. The van der Waals surface area contributed by atoms with Crippen LogP contribution >= 0.6 is 0 Å². The van der Waals surface area contributed by atoms with Gasteiger partial charge in [-0.2, -0.15) is 0 Å². The number of pyridine rings is 1. The van der Waals surface area contributed by atoms with E-state index in [4.69, 9.17) is 9.72 Å². The number of aromatic nitrogens is 1. The molecule has 1 aromatic rings. The van der Waals surface area contributed by atoms with Crippen molar-refractivity contribution < 1.29 is 4.74 Å². The maximum Gasteiger partial charge on any atom is 0.0656 e. The molecule has 0 aromatic carbocycles. The third kappa shape index (κ3) is 6.88. The van der Waals surface area contributed by atoms with Crippen LogP contribution in [0, 0.1) is 12.8 Å². The maximum atomic E-state index is 5.57. The van der Waals surface area contributed by atoms with Gasteiger partial charge in [-0.05, 0) is 67.0 Å². The summed E-state index contributed by atoms with van der Waals surface area (Å²) in [7, 11) is 0. The highest BCUT2D eigenvalue weighted by atomic mass is 16.5. The molecule has 0 amide bonds. The molecule has 1 aliphatic heterocycles. The van der Waals surface area contributed by atoms with E-state index in [2.05, 4.69) is 88.5 Å². The Kier molecular flexibility index (Phi) is 10.2. The van der Waals surface area contributed by atoms with E-state index in [9.17, 15) is 0 Å². The molecule has 192 valence electrons. The topological polar surface area (TPSA) is 28.6 Å². The number of hydrogen-bond acceptors (Lipinski definition) is 4. The van der Waals surface area contributed by atoms with Crippen molar-refractivity contribution in [1.29, 1.82) is 0 Å². The molecule has 1 saturated heterocycles. The van der Waals surface area contributed by atoms with E-state index < -0.39 is 0 Å². The maximum absolute atomic E-state index is 5.57. The van der Waals surface area contributed by atoms with Crippen LogP contribution in [0.2, 0.25) is 0 Å². The van der Waals surface area contributed by atoms with Crippen LogP contribution < -0.4 is 0 Å². The molecule has 0 spiro atoms. The summed E-state index contributed by atoms with van der Waals surface area (Å²) >= 11 is 0. The fourth-order valence-electron chi connectivity index (χ4n) is 4.92. The summed E-state index contributed by atoms with van der Waals surface area (Å²) < 4.78 is 5.57. The third-order valence-electron chi connectivity index (χ3n) is 7.37. The first-order valence-corrected chi connectivity index (χ1v) is 13.7. The highest BCUT2D eigenvalue weighted by Gasteiger charge is 2.35. The number of ether oxygens (including phenoxy) is 1. The predicted octanol–water partition coefficient (Wildman–Crippen LogP) is 7.58. The van der Waals surface area contributed by atoms with Gasteiger partial charge in [-0.25, -0.2) is 0 Å². The van der Waals surface area contributed by atoms with Gasteiger partial charge in [0.05, 0.1) is 24.9 Å². The van der Waals surface area contributed by atoms with E-state index in [1.54, 1.807) is 0 Å². The van der Waals surface area contributed by atoms with Gasteiger partial charge in [0.2, 0.25) is 0 Å². The summed E-state index contributed by atoms with van der Waals surface area (Å²) in [6, 6.07) is 2.69. The Labute approximate surface area is 214 Å². The zero-order valence-electron chi connectivity index (χ0n) is 23.1. The quantitative estimate of drug-likeness (QED) is 0.290. The normalized spacial score (nSPS) is 19.0. The molecule has 1 aliphatic carbocycles. The monoisotopic (exact) mass is 477 g/mol. The lowest BCUT2D eigenvalue weighted by atomic mass is 9.85. The largest absolute Gasteiger partial charge is 0.378 e. The Morgan fingerprint density at radius 2 is 1.97 bits per heavy atom. The van der Waals surface area contributed by atoms with Gasteiger partial charge in [0.15, 0.2) is 0 Å². The summed E-state index contributed by atoms with van der Waals surface area (Å²) in [6.07, 6.45) is 15.7. The lowest BCUT2D eigenvalue weighted by Crippen LogP contribution is -2.46. The van der Waals surface area contributed by atoms with Gasteiger partial charge in [-0.1, -0.05) is 59.6 Å². The van der Waals surface area contributed by atoms with E-state index in [1.807, 2.05) is 0 Å². The van der Waals surface area contributed by atoms with Gasteiger partial charge in [0.25, 0.3) is 0 Å². The van der Waals surface area contributed by atoms with E-state index in [0.717, 1.165) is 57.7 Å². The fourth-order valence-corrected chi connectivity index (χ4v) is 4.92. The molecule has 1 fully saturated rings. The zero-order valence-corrected chi connectivity index (χ0v) is 23.1. The average molecular weight is 478 g/mol. The van der Waals surface area contributed by atoms with Gasteiger partial charge in [-0.15, -0.1) is 0 Å². The molecule has 0 N–H and O–H groups in total. The van der Waals surface area contributed by atoms with Crippen LogP contribution in [0.3, 0.4) is 0 Å². The molecule has 2 heterocycles. The van der Waals surface area contributed by atoms with Gasteiger partial charge in [0.1, 0.15) is 0 Å². The van der Waals surface area contributed by atoms with Gasteiger partial charge in [-0.3, -0.25) is 4.98 Å². The molecule has 3 rings (SSSR count). The van der Waals surface area contributed by atoms with Crippen molar-refractivity contribution in [2.24, 2.45) is 5.92 Å². The van der Waals surface area contributed by atoms with Crippen molar-refractivity contribution in [3.63, 3.8) is 0 Å². The average Bonchev–Trinajstić information content (AvgIpc) is 2.85. The van der Waals surface area contributed by atoms with Gasteiger partial charge in [0, 0.05) is 43.3 Å². The smallest absolute Gasteiger partial charge is 0.0656 e. The van der Waals surface area contributed by atoms with Crippen LogP contribution in [0.5, 0.6) is 0 Å². The van der Waals surface area contributed by atoms with Crippen LogP contribution in [-0.4, -0.2) is 47.1 Å². The molecule has 2 aliphatic rings. The molecule has 4 nitrogen and oxygen atoms in total. The Morgan fingerprint density at radius 1 is 1.23 bits per heavy atom. The molecule has 1 atom stereocenters. The van der Waals surface area contributed by atoms with Crippen molar-refractivity contribution in [3.05, 3.63) is 64.9 Å².